The minimum absolute atomic E-state index is 0.179. The largest absolute Gasteiger partial charge is 0.483 e. The maximum Gasteiger partial charge on any atom is 0.262 e. The second-order valence-corrected chi connectivity index (χ2v) is 9.56. The van der Waals surface area contributed by atoms with Crippen LogP contribution < -0.4 is 10.1 Å². The number of nitrogens with one attached hydrogen (secondary N) is 1. The summed E-state index contributed by atoms with van der Waals surface area (Å²) in [5.41, 5.74) is 2.19. The summed E-state index contributed by atoms with van der Waals surface area (Å²) in [4.78, 5) is 12.5. The molecule has 0 atom stereocenters. The first-order valence-corrected chi connectivity index (χ1v) is 11.4. The molecule has 0 aliphatic carbocycles. The van der Waals surface area contributed by atoms with Crippen molar-refractivity contribution in [2.75, 3.05) is 25.0 Å². The third-order valence-electron chi connectivity index (χ3n) is 4.92. The molecule has 0 saturated carbocycles. The third kappa shape index (κ3) is 5.29. The summed E-state index contributed by atoms with van der Waals surface area (Å²) in [6, 6.07) is 9.95. The normalized spacial score (nSPS) is 15.1. The Balaban J connectivity index is 1.64. The van der Waals surface area contributed by atoms with E-state index in [2.05, 4.69) is 5.32 Å². The Morgan fingerprint density at radius 3 is 2.45 bits per heavy atom. The van der Waals surface area contributed by atoms with Crippen molar-refractivity contribution in [2.45, 2.75) is 38.0 Å². The van der Waals surface area contributed by atoms with Crippen LogP contribution in [0.25, 0.3) is 0 Å². The van der Waals surface area contributed by atoms with E-state index in [0.29, 0.717) is 35.1 Å². The standard InChI is InChI=1S/C21H25ClN2O4S/c1-15-12-17(22)6-8-19(15)23-21(25)14-28-20-9-7-18(13-16(20)2)29(26,27)24-10-4-3-5-11-24/h6-9,12-13H,3-5,10-11,14H2,1-2H3,(H,23,25). The van der Waals surface area contributed by atoms with Crippen LogP contribution in [0, 0.1) is 13.8 Å². The Bertz CT molecular complexity index is 1000. The van der Waals surface area contributed by atoms with Crippen molar-refractivity contribution in [3.05, 3.63) is 52.5 Å². The number of sulfonamides is 1. The van der Waals surface area contributed by atoms with E-state index in [4.69, 9.17) is 16.3 Å². The summed E-state index contributed by atoms with van der Waals surface area (Å²) in [5, 5.41) is 3.38. The van der Waals surface area contributed by atoms with E-state index >= 15 is 0 Å². The minimum Gasteiger partial charge on any atom is -0.483 e. The zero-order chi connectivity index (χ0) is 21.0. The minimum atomic E-state index is -3.49. The van der Waals surface area contributed by atoms with E-state index in [9.17, 15) is 13.2 Å². The topological polar surface area (TPSA) is 75.7 Å². The number of anilines is 1. The number of halogens is 1. The summed E-state index contributed by atoms with van der Waals surface area (Å²) in [5.74, 6) is 0.172. The molecule has 1 heterocycles. The van der Waals surface area contributed by atoms with E-state index in [-0.39, 0.29) is 17.4 Å². The molecule has 1 N–H and O–H groups in total. The molecular weight excluding hydrogens is 412 g/mol. The Hall–Kier alpha value is -2.09. The summed E-state index contributed by atoms with van der Waals surface area (Å²) >= 11 is 5.92. The molecule has 2 aromatic carbocycles. The van der Waals surface area contributed by atoms with Crippen LogP contribution in [0.2, 0.25) is 5.02 Å². The fourth-order valence-corrected chi connectivity index (χ4v) is 5.12. The molecule has 1 fully saturated rings. The van der Waals surface area contributed by atoms with Crippen molar-refractivity contribution in [3.63, 3.8) is 0 Å². The molecule has 2 aromatic rings. The zero-order valence-corrected chi connectivity index (χ0v) is 18.1. The molecule has 0 bridgehead atoms. The summed E-state index contributed by atoms with van der Waals surface area (Å²) in [6.45, 7) is 4.56. The average molecular weight is 437 g/mol. The highest BCUT2D eigenvalue weighted by atomic mass is 35.5. The number of piperidine rings is 1. The number of nitrogens with zero attached hydrogens (tertiary/aromatic N) is 1. The van der Waals surface area contributed by atoms with Crippen molar-refractivity contribution in [1.82, 2.24) is 4.31 Å². The number of benzene rings is 2. The van der Waals surface area contributed by atoms with Gasteiger partial charge in [-0.05, 0) is 74.2 Å². The maximum absolute atomic E-state index is 12.8. The van der Waals surface area contributed by atoms with Crippen LogP contribution in [0.3, 0.4) is 0 Å². The van der Waals surface area contributed by atoms with Crippen LogP contribution in [-0.2, 0) is 14.8 Å². The van der Waals surface area contributed by atoms with Crippen LogP contribution in [0.5, 0.6) is 5.75 Å². The highest BCUT2D eigenvalue weighted by Gasteiger charge is 2.26. The lowest BCUT2D eigenvalue weighted by Crippen LogP contribution is -2.35. The lowest BCUT2D eigenvalue weighted by atomic mass is 10.2. The van der Waals surface area contributed by atoms with Gasteiger partial charge in [0.1, 0.15) is 5.75 Å². The Labute approximate surface area is 176 Å². The number of hydrogen-bond donors (Lipinski definition) is 1. The Morgan fingerprint density at radius 2 is 1.79 bits per heavy atom. The number of amides is 1. The van der Waals surface area contributed by atoms with Gasteiger partial charge in [0.15, 0.2) is 6.61 Å². The molecule has 0 aromatic heterocycles. The first kappa shape index (κ1) is 21.6. The van der Waals surface area contributed by atoms with Crippen LogP contribution in [0.4, 0.5) is 5.69 Å². The zero-order valence-electron chi connectivity index (χ0n) is 16.6. The lowest BCUT2D eigenvalue weighted by Gasteiger charge is -2.26. The van der Waals surface area contributed by atoms with E-state index in [1.165, 1.54) is 10.4 Å². The third-order valence-corrected chi connectivity index (χ3v) is 7.05. The number of carbonyl (C=O) groups excluding carboxylic acids is 1. The van der Waals surface area contributed by atoms with Crippen molar-refractivity contribution in [1.29, 1.82) is 0 Å². The molecule has 1 saturated heterocycles. The second kappa shape index (κ2) is 9.15. The lowest BCUT2D eigenvalue weighted by molar-refractivity contribution is -0.118. The van der Waals surface area contributed by atoms with Crippen molar-refractivity contribution in [2.24, 2.45) is 0 Å². The quantitative estimate of drug-likeness (QED) is 0.738. The molecule has 0 unspecified atom stereocenters. The Morgan fingerprint density at radius 1 is 1.07 bits per heavy atom. The van der Waals surface area contributed by atoms with E-state index in [0.717, 1.165) is 24.8 Å². The van der Waals surface area contributed by atoms with Crippen LogP contribution in [-0.4, -0.2) is 38.3 Å². The number of ether oxygens (including phenoxy) is 1. The molecule has 1 aliphatic rings. The molecule has 1 aliphatic heterocycles. The fourth-order valence-electron chi connectivity index (χ4n) is 3.30. The molecule has 0 spiro atoms. The molecule has 1 amide bonds. The van der Waals surface area contributed by atoms with Gasteiger partial charge < -0.3 is 10.1 Å². The monoisotopic (exact) mass is 436 g/mol. The van der Waals surface area contributed by atoms with Gasteiger partial charge in [-0.25, -0.2) is 8.42 Å². The van der Waals surface area contributed by atoms with Crippen molar-refractivity contribution in [3.8, 4) is 5.75 Å². The van der Waals surface area contributed by atoms with Gasteiger partial charge in [-0.15, -0.1) is 0 Å². The van der Waals surface area contributed by atoms with Crippen molar-refractivity contribution < 1.29 is 17.9 Å². The summed E-state index contributed by atoms with van der Waals surface area (Å²) < 4.78 is 32.7. The number of carbonyl (C=O) groups is 1. The van der Waals surface area contributed by atoms with Gasteiger partial charge in [-0.1, -0.05) is 18.0 Å². The summed E-state index contributed by atoms with van der Waals surface area (Å²) in [6.07, 6.45) is 2.85. The Kier molecular flexibility index (Phi) is 6.82. The predicted molar refractivity (Wildman–Crippen MR) is 114 cm³/mol. The molecule has 0 radical (unpaired) electrons. The van der Waals surface area contributed by atoms with E-state index < -0.39 is 10.0 Å². The molecule has 156 valence electrons. The maximum atomic E-state index is 12.8. The molecule has 8 heteroatoms. The van der Waals surface area contributed by atoms with Gasteiger partial charge in [-0.3, -0.25) is 4.79 Å². The number of hydrogen-bond acceptors (Lipinski definition) is 4. The van der Waals surface area contributed by atoms with Crippen LogP contribution in [0.15, 0.2) is 41.3 Å². The SMILES string of the molecule is Cc1cc(Cl)ccc1NC(=O)COc1ccc(S(=O)(=O)N2CCCCC2)cc1C. The van der Waals surface area contributed by atoms with Gasteiger partial charge in [0.2, 0.25) is 10.0 Å². The average Bonchev–Trinajstić information content (AvgIpc) is 2.70. The van der Waals surface area contributed by atoms with E-state index in [1.54, 1.807) is 37.3 Å². The molecule has 6 nitrogen and oxygen atoms in total. The van der Waals surface area contributed by atoms with Gasteiger partial charge in [-0.2, -0.15) is 4.31 Å². The molecular formula is C21H25ClN2O4S. The fraction of sp³-hybridized carbons (Fsp3) is 0.381. The highest BCUT2D eigenvalue weighted by molar-refractivity contribution is 7.89. The van der Waals surface area contributed by atoms with Gasteiger partial charge in [0, 0.05) is 23.8 Å². The van der Waals surface area contributed by atoms with E-state index in [1.807, 2.05) is 6.92 Å². The summed E-state index contributed by atoms with van der Waals surface area (Å²) in [7, 11) is -3.49. The molecule has 3 rings (SSSR count). The van der Waals surface area contributed by atoms with Gasteiger partial charge in [0.25, 0.3) is 5.91 Å². The van der Waals surface area contributed by atoms with Crippen LogP contribution in [0.1, 0.15) is 30.4 Å². The van der Waals surface area contributed by atoms with Crippen LogP contribution >= 0.6 is 11.6 Å². The number of rotatable bonds is 6. The number of aryl methyl sites for hydroxylation is 2. The van der Waals surface area contributed by atoms with Crippen molar-refractivity contribution >= 4 is 33.2 Å². The highest BCUT2D eigenvalue weighted by Crippen LogP contribution is 2.26. The predicted octanol–water partition coefficient (Wildman–Crippen LogP) is 4.15. The molecule has 29 heavy (non-hydrogen) atoms. The smallest absolute Gasteiger partial charge is 0.262 e. The van der Waals surface area contributed by atoms with Gasteiger partial charge >= 0.3 is 0 Å². The van der Waals surface area contributed by atoms with Gasteiger partial charge in [0.05, 0.1) is 4.90 Å². The first-order chi connectivity index (χ1) is 13.8. The first-order valence-electron chi connectivity index (χ1n) is 9.57. The second-order valence-electron chi connectivity index (χ2n) is 7.19.